The Kier molecular flexibility index (Phi) is 8.90. The first-order chi connectivity index (χ1) is 9.30. The third-order valence-corrected chi connectivity index (χ3v) is 3.68. The molecule has 21 heavy (non-hydrogen) atoms. The molecule has 0 aromatic rings. The van der Waals surface area contributed by atoms with Gasteiger partial charge in [0.15, 0.2) is 0 Å². The quantitative estimate of drug-likeness (QED) is 0.672. The molecule has 1 saturated heterocycles. The Morgan fingerprint density at radius 1 is 1.29 bits per heavy atom. The molecule has 6 heteroatoms. The molecule has 5 nitrogen and oxygen atoms in total. The minimum atomic E-state index is -0.368. The third kappa shape index (κ3) is 7.67. The molecule has 2 atom stereocenters. The second-order valence-electron chi connectivity index (χ2n) is 6.75. The lowest BCUT2D eigenvalue weighted by Gasteiger charge is -2.30. The van der Waals surface area contributed by atoms with Gasteiger partial charge in [-0.2, -0.15) is 0 Å². The Morgan fingerprint density at radius 2 is 1.95 bits per heavy atom. The topological polar surface area (TPSA) is 70.2 Å². The van der Waals surface area contributed by atoms with Crippen molar-refractivity contribution in [2.75, 3.05) is 19.6 Å². The van der Waals surface area contributed by atoms with Crippen molar-refractivity contribution >= 4 is 24.2 Å². The highest BCUT2D eigenvalue weighted by Gasteiger charge is 2.23. The Balaban J connectivity index is 0.00000400. The van der Waals surface area contributed by atoms with Gasteiger partial charge in [-0.05, 0) is 31.8 Å². The van der Waals surface area contributed by atoms with Crippen LogP contribution in [-0.4, -0.2) is 37.5 Å². The molecule has 0 bridgehead atoms. The van der Waals surface area contributed by atoms with E-state index in [0.717, 1.165) is 19.5 Å². The summed E-state index contributed by atoms with van der Waals surface area (Å²) in [6.07, 6.45) is 2.15. The van der Waals surface area contributed by atoms with Gasteiger partial charge in [-0.15, -0.1) is 12.4 Å². The fourth-order valence-corrected chi connectivity index (χ4v) is 2.22. The second kappa shape index (κ2) is 9.26. The molecule has 0 saturated carbocycles. The van der Waals surface area contributed by atoms with Crippen molar-refractivity contribution in [2.24, 2.45) is 11.3 Å². The van der Waals surface area contributed by atoms with E-state index in [1.165, 1.54) is 0 Å². The average Bonchev–Trinajstić information content (AvgIpc) is 2.36. The molecule has 3 N–H and O–H groups in total. The van der Waals surface area contributed by atoms with Gasteiger partial charge in [0.2, 0.25) is 11.8 Å². The summed E-state index contributed by atoms with van der Waals surface area (Å²) in [5, 5.41) is 9.27. The molecule has 1 aliphatic heterocycles. The molecule has 0 aromatic heterocycles. The smallest absolute Gasteiger partial charge is 0.225 e. The highest BCUT2D eigenvalue weighted by Crippen LogP contribution is 2.12. The summed E-state index contributed by atoms with van der Waals surface area (Å²) in [6.45, 7) is 10.3. The fraction of sp³-hybridized carbons (Fsp3) is 0.867. The first kappa shape index (κ1) is 20.2. The van der Waals surface area contributed by atoms with E-state index in [-0.39, 0.29) is 35.7 Å². The molecule has 0 aliphatic carbocycles. The van der Waals surface area contributed by atoms with Gasteiger partial charge in [-0.3, -0.25) is 9.59 Å². The van der Waals surface area contributed by atoms with Crippen LogP contribution in [0.1, 0.15) is 47.0 Å². The van der Waals surface area contributed by atoms with Gasteiger partial charge < -0.3 is 16.0 Å². The zero-order valence-corrected chi connectivity index (χ0v) is 14.4. The van der Waals surface area contributed by atoms with E-state index >= 15 is 0 Å². The van der Waals surface area contributed by atoms with Crippen LogP contribution in [-0.2, 0) is 9.59 Å². The summed E-state index contributed by atoms with van der Waals surface area (Å²) >= 11 is 0. The maximum absolute atomic E-state index is 11.9. The molecule has 124 valence electrons. The van der Waals surface area contributed by atoms with E-state index in [9.17, 15) is 9.59 Å². The van der Waals surface area contributed by atoms with Gasteiger partial charge >= 0.3 is 0 Å². The van der Waals surface area contributed by atoms with E-state index in [4.69, 9.17) is 0 Å². The van der Waals surface area contributed by atoms with Gasteiger partial charge in [0.25, 0.3) is 0 Å². The molecule has 2 amide bonds. The molecule has 1 heterocycles. The summed E-state index contributed by atoms with van der Waals surface area (Å²) in [5.41, 5.74) is -0.368. The number of carbonyl (C=O) groups is 2. The van der Waals surface area contributed by atoms with E-state index in [2.05, 4.69) is 22.9 Å². The van der Waals surface area contributed by atoms with Gasteiger partial charge in [-0.1, -0.05) is 27.7 Å². The average molecular weight is 320 g/mol. The monoisotopic (exact) mass is 319 g/mol. The number of piperidine rings is 1. The Bertz CT molecular complexity index is 342. The van der Waals surface area contributed by atoms with Crippen molar-refractivity contribution in [3.05, 3.63) is 0 Å². The number of amides is 2. The predicted octanol–water partition coefficient (Wildman–Crippen LogP) is 1.46. The minimum Gasteiger partial charge on any atom is -0.356 e. The van der Waals surface area contributed by atoms with Gasteiger partial charge in [0.05, 0.1) is 0 Å². The summed E-state index contributed by atoms with van der Waals surface area (Å²) in [5.74, 6) is 0.604. The van der Waals surface area contributed by atoms with E-state index in [1.807, 2.05) is 20.8 Å². The Hall–Kier alpha value is -0.810. The highest BCUT2D eigenvalue weighted by molar-refractivity contribution is 5.85. The molecule has 0 aromatic carbocycles. The minimum absolute atomic E-state index is 0. The lowest BCUT2D eigenvalue weighted by atomic mass is 9.95. The number of hydrogen-bond acceptors (Lipinski definition) is 3. The molecular formula is C15H30ClN3O2. The van der Waals surface area contributed by atoms with Crippen molar-refractivity contribution in [3.8, 4) is 0 Å². The largest absolute Gasteiger partial charge is 0.356 e. The third-order valence-electron chi connectivity index (χ3n) is 3.68. The van der Waals surface area contributed by atoms with E-state index < -0.39 is 0 Å². The number of rotatable bonds is 5. The van der Waals surface area contributed by atoms with Gasteiger partial charge in [0.1, 0.15) is 0 Å². The van der Waals surface area contributed by atoms with Crippen LogP contribution in [0, 0.1) is 11.3 Å². The van der Waals surface area contributed by atoms with E-state index in [0.29, 0.717) is 25.3 Å². The fourth-order valence-electron chi connectivity index (χ4n) is 2.22. The molecule has 2 unspecified atom stereocenters. The van der Waals surface area contributed by atoms with Crippen LogP contribution in [0.3, 0.4) is 0 Å². The van der Waals surface area contributed by atoms with Crippen LogP contribution in [0.2, 0.25) is 0 Å². The maximum atomic E-state index is 11.9. The lowest BCUT2D eigenvalue weighted by Crippen LogP contribution is -2.48. The van der Waals surface area contributed by atoms with Crippen LogP contribution in [0.15, 0.2) is 0 Å². The highest BCUT2D eigenvalue weighted by atomic mass is 35.5. The molecule has 1 rings (SSSR count). The number of nitrogens with one attached hydrogen (secondary N) is 3. The zero-order chi connectivity index (χ0) is 15.2. The zero-order valence-electron chi connectivity index (χ0n) is 13.6. The molecule has 0 radical (unpaired) electrons. The number of carbonyl (C=O) groups excluding carboxylic acids is 2. The summed E-state index contributed by atoms with van der Waals surface area (Å²) in [4.78, 5) is 23.5. The van der Waals surface area contributed by atoms with Crippen LogP contribution >= 0.6 is 12.4 Å². The number of halogens is 1. The van der Waals surface area contributed by atoms with Crippen LogP contribution in [0.25, 0.3) is 0 Å². The second-order valence-corrected chi connectivity index (χ2v) is 6.75. The summed E-state index contributed by atoms with van der Waals surface area (Å²) < 4.78 is 0. The van der Waals surface area contributed by atoms with Crippen LogP contribution < -0.4 is 16.0 Å². The first-order valence-corrected chi connectivity index (χ1v) is 7.59. The van der Waals surface area contributed by atoms with Crippen LogP contribution in [0.5, 0.6) is 0 Å². The predicted molar refractivity (Wildman–Crippen MR) is 87.5 cm³/mol. The van der Waals surface area contributed by atoms with Crippen molar-refractivity contribution in [3.63, 3.8) is 0 Å². The molecular weight excluding hydrogens is 290 g/mol. The first-order valence-electron chi connectivity index (χ1n) is 7.59. The van der Waals surface area contributed by atoms with Crippen molar-refractivity contribution in [2.45, 2.75) is 53.0 Å². The Morgan fingerprint density at radius 3 is 2.52 bits per heavy atom. The van der Waals surface area contributed by atoms with E-state index in [1.54, 1.807) is 0 Å². The summed E-state index contributed by atoms with van der Waals surface area (Å²) in [6, 6.07) is 0.285. The standard InChI is InChI=1S/C15H29N3O2.ClH/c1-11-10-16-9-7-12(11)18-13(19)6-5-8-17-14(20)15(2,3)4;/h11-12,16H,5-10H2,1-4H3,(H,17,20)(H,18,19);1H. The van der Waals surface area contributed by atoms with Gasteiger partial charge in [0, 0.05) is 24.4 Å². The molecule has 1 aliphatic rings. The van der Waals surface area contributed by atoms with Crippen molar-refractivity contribution < 1.29 is 9.59 Å². The van der Waals surface area contributed by atoms with Crippen molar-refractivity contribution in [1.29, 1.82) is 0 Å². The molecule has 1 fully saturated rings. The lowest BCUT2D eigenvalue weighted by molar-refractivity contribution is -0.128. The van der Waals surface area contributed by atoms with Crippen LogP contribution in [0.4, 0.5) is 0 Å². The Labute approximate surface area is 134 Å². The number of hydrogen-bond donors (Lipinski definition) is 3. The summed E-state index contributed by atoms with van der Waals surface area (Å²) in [7, 11) is 0. The maximum Gasteiger partial charge on any atom is 0.225 e. The SMILES string of the molecule is CC1CNCCC1NC(=O)CCCNC(=O)C(C)(C)C.Cl. The molecule has 0 spiro atoms. The van der Waals surface area contributed by atoms with Crippen molar-refractivity contribution in [1.82, 2.24) is 16.0 Å². The van der Waals surface area contributed by atoms with Gasteiger partial charge in [-0.25, -0.2) is 0 Å². The normalized spacial score (nSPS) is 22.1.